The molecule has 2 rings (SSSR count). The van der Waals surface area contributed by atoms with Crippen LogP contribution in [0.2, 0.25) is 0 Å². The van der Waals surface area contributed by atoms with Crippen LogP contribution in [-0.2, 0) is 4.74 Å². The molecule has 0 bridgehead atoms. The number of nitrogens with zero attached hydrogens (tertiary/aromatic N) is 1. The summed E-state index contributed by atoms with van der Waals surface area (Å²) in [5.41, 5.74) is 5.86. The lowest BCUT2D eigenvalue weighted by Gasteiger charge is -2.48. The van der Waals surface area contributed by atoms with E-state index in [4.69, 9.17) is 10.5 Å². The molecular weight excluding hydrogens is 188 g/mol. The zero-order valence-electron chi connectivity index (χ0n) is 9.98. The molecule has 3 heteroatoms. The molecule has 3 nitrogen and oxygen atoms in total. The minimum Gasteiger partial charge on any atom is -0.381 e. The summed E-state index contributed by atoms with van der Waals surface area (Å²) in [5.74, 6) is 0.925. The van der Waals surface area contributed by atoms with E-state index >= 15 is 0 Å². The summed E-state index contributed by atoms with van der Waals surface area (Å²) in [6.45, 7) is 4.30. The smallest absolute Gasteiger partial charge is 0.0599 e. The van der Waals surface area contributed by atoms with Gasteiger partial charge < -0.3 is 10.5 Å². The van der Waals surface area contributed by atoms with Gasteiger partial charge in [-0.2, -0.15) is 0 Å². The molecule has 1 aliphatic carbocycles. The van der Waals surface area contributed by atoms with E-state index in [1.54, 1.807) is 0 Å². The predicted molar refractivity (Wildman–Crippen MR) is 61.8 cm³/mol. The van der Waals surface area contributed by atoms with Crippen molar-refractivity contribution in [1.82, 2.24) is 4.90 Å². The highest BCUT2D eigenvalue weighted by molar-refractivity contribution is 4.92. The highest BCUT2D eigenvalue weighted by atomic mass is 16.5. The van der Waals surface area contributed by atoms with Crippen molar-refractivity contribution in [3.63, 3.8) is 0 Å². The van der Waals surface area contributed by atoms with Gasteiger partial charge in [-0.25, -0.2) is 0 Å². The molecular formula is C12H24N2O. The maximum Gasteiger partial charge on any atom is 0.0599 e. The number of nitrogens with two attached hydrogens (primary N) is 1. The first-order valence-corrected chi connectivity index (χ1v) is 6.23. The number of rotatable bonds is 3. The summed E-state index contributed by atoms with van der Waals surface area (Å²) in [6, 6.07) is 1.37. The summed E-state index contributed by atoms with van der Waals surface area (Å²) in [7, 11) is 1.82. The van der Waals surface area contributed by atoms with Crippen LogP contribution in [0.5, 0.6) is 0 Å². The fourth-order valence-electron chi connectivity index (χ4n) is 3.09. The molecule has 2 aliphatic rings. The van der Waals surface area contributed by atoms with Gasteiger partial charge in [-0.3, -0.25) is 4.90 Å². The van der Waals surface area contributed by atoms with E-state index in [0.29, 0.717) is 12.1 Å². The Morgan fingerprint density at radius 2 is 2.07 bits per heavy atom. The molecule has 2 N–H and O–H groups in total. The van der Waals surface area contributed by atoms with Crippen LogP contribution in [-0.4, -0.2) is 43.3 Å². The maximum atomic E-state index is 5.86. The summed E-state index contributed by atoms with van der Waals surface area (Å²) >= 11 is 0. The van der Waals surface area contributed by atoms with Gasteiger partial charge in [0.25, 0.3) is 0 Å². The van der Waals surface area contributed by atoms with Crippen molar-refractivity contribution in [1.29, 1.82) is 0 Å². The van der Waals surface area contributed by atoms with Gasteiger partial charge in [0.15, 0.2) is 0 Å². The Kier molecular flexibility index (Phi) is 3.65. The van der Waals surface area contributed by atoms with Crippen molar-refractivity contribution in [2.45, 2.75) is 50.8 Å². The van der Waals surface area contributed by atoms with E-state index in [0.717, 1.165) is 24.9 Å². The number of likely N-dealkylation sites (tertiary alicyclic amines) is 1. The predicted octanol–water partition coefficient (Wildman–Crippen LogP) is 1.22. The standard InChI is InChI=1S/C12H24N2O/c1-9-5-10(6-9)14-4-3-12(15-2)7-11(14)8-13/h9-12H,3-8,13H2,1-2H3. The minimum absolute atomic E-state index is 0.437. The molecule has 88 valence electrons. The lowest BCUT2D eigenvalue weighted by atomic mass is 9.79. The average Bonchev–Trinajstić information content (AvgIpc) is 2.24. The third-order valence-corrected chi connectivity index (χ3v) is 4.14. The van der Waals surface area contributed by atoms with Crippen LogP contribution >= 0.6 is 0 Å². The quantitative estimate of drug-likeness (QED) is 0.764. The van der Waals surface area contributed by atoms with Crippen molar-refractivity contribution in [3.05, 3.63) is 0 Å². The second-order valence-electron chi connectivity index (χ2n) is 5.24. The lowest BCUT2D eigenvalue weighted by molar-refractivity contribution is -0.0306. The summed E-state index contributed by atoms with van der Waals surface area (Å²) in [5, 5.41) is 0. The molecule has 0 amide bonds. The fraction of sp³-hybridized carbons (Fsp3) is 1.00. The van der Waals surface area contributed by atoms with Crippen LogP contribution in [0.3, 0.4) is 0 Å². The third-order valence-electron chi connectivity index (χ3n) is 4.14. The number of ether oxygens (including phenoxy) is 1. The largest absolute Gasteiger partial charge is 0.381 e. The topological polar surface area (TPSA) is 38.5 Å². The molecule has 2 unspecified atom stereocenters. The molecule has 1 saturated heterocycles. The number of hydrogen-bond acceptors (Lipinski definition) is 3. The zero-order chi connectivity index (χ0) is 10.8. The van der Waals surface area contributed by atoms with Gasteiger partial charge in [-0.1, -0.05) is 6.92 Å². The first-order valence-electron chi connectivity index (χ1n) is 6.23. The Labute approximate surface area is 93.0 Å². The Morgan fingerprint density at radius 1 is 1.33 bits per heavy atom. The van der Waals surface area contributed by atoms with Gasteiger partial charge in [0, 0.05) is 32.3 Å². The first kappa shape index (κ1) is 11.4. The van der Waals surface area contributed by atoms with Crippen molar-refractivity contribution in [2.24, 2.45) is 11.7 Å². The van der Waals surface area contributed by atoms with Gasteiger partial charge in [-0.05, 0) is 31.6 Å². The highest BCUT2D eigenvalue weighted by Crippen LogP contribution is 2.35. The molecule has 0 aromatic carbocycles. The molecule has 0 radical (unpaired) electrons. The number of methoxy groups -OCH3 is 1. The molecule has 2 fully saturated rings. The number of piperidine rings is 1. The fourth-order valence-corrected chi connectivity index (χ4v) is 3.09. The summed E-state index contributed by atoms with van der Waals surface area (Å²) < 4.78 is 5.44. The van der Waals surface area contributed by atoms with E-state index in [-0.39, 0.29) is 0 Å². The van der Waals surface area contributed by atoms with Gasteiger partial charge in [0.2, 0.25) is 0 Å². The Hall–Kier alpha value is -0.120. The van der Waals surface area contributed by atoms with Crippen molar-refractivity contribution in [2.75, 3.05) is 20.2 Å². The molecule has 1 aliphatic heterocycles. The van der Waals surface area contributed by atoms with Gasteiger partial charge >= 0.3 is 0 Å². The molecule has 2 atom stereocenters. The van der Waals surface area contributed by atoms with Crippen LogP contribution in [0.15, 0.2) is 0 Å². The Bertz CT molecular complexity index is 204. The van der Waals surface area contributed by atoms with Crippen LogP contribution < -0.4 is 5.73 Å². The normalized spacial score (nSPS) is 42.6. The van der Waals surface area contributed by atoms with Crippen LogP contribution in [0.1, 0.15) is 32.6 Å². The van der Waals surface area contributed by atoms with Gasteiger partial charge in [0.1, 0.15) is 0 Å². The lowest BCUT2D eigenvalue weighted by Crippen LogP contribution is -2.56. The molecule has 1 saturated carbocycles. The third kappa shape index (κ3) is 2.35. The molecule has 1 heterocycles. The van der Waals surface area contributed by atoms with E-state index in [2.05, 4.69) is 11.8 Å². The highest BCUT2D eigenvalue weighted by Gasteiger charge is 2.37. The van der Waals surface area contributed by atoms with Crippen LogP contribution in [0.4, 0.5) is 0 Å². The Balaban J connectivity index is 1.88. The van der Waals surface area contributed by atoms with E-state index < -0.39 is 0 Å². The SMILES string of the molecule is COC1CCN(C2CC(C)C2)C(CN)C1. The summed E-state index contributed by atoms with van der Waals surface area (Å²) in [6.07, 6.45) is 5.48. The Morgan fingerprint density at radius 3 is 2.60 bits per heavy atom. The van der Waals surface area contributed by atoms with E-state index in [1.807, 2.05) is 7.11 Å². The molecule has 0 aromatic rings. The van der Waals surface area contributed by atoms with Gasteiger partial charge in [-0.15, -0.1) is 0 Å². The van der Waals surface area contributed by atoms with Crippen molar-refractivity contribution in [3.8, 4) is 0 Å². The zero-order valence-corrected chi connectivity index (χ0v) is 9.98. The summed E-state index contributed by atoms with van der Waals surface area (Å²) in [4.78, 5) is 2.63. The molecule has 0 spiro atoms. The number of hydrogen-bond donors (Lipinski definition) is 1. The first-order chi connectivity index (χ1) is 7.24. The average molecular weight is 212 g/mol. The second-order valence-corrected chi connectivity index (χ2v) is 5.24. The minimum atomic E-state index is 0.437. The molecule has 15 heavy (non-hydrogen) atoms. The molecule has 0 aromatic heterocycles. The maximum absolute atomic E-state index is 5.86. The van der Waals surface area contributed by atoms with Crippen LogP contribution in [0, 0.1) is 5.92 Å². The van der Waals surface area contributed by atoms with Crippen molar-refractivity contribution < 1.29 is 4.74 Å². The van der Waals surface area contributed by atoms with Gasteiger partial charge in [0.05, 0.1) is 6.10 Å². The monoisotopic (exact) mass is 212 g/mol. The van der Waals surface area contributed by atoms with E-state index in [1.165, 1.54) is 25.8 Å². The van der Waals surface area contributed by atoms with Crippen molar-refractivity contribution >= 4 is 0 Å². The van der Waals surface area contributed by atoms with Crippen LogP contribution in [0.25, 0.3) is 0 Å². The second kappa shape index (κ2) is 4.81. The van der Waals surface area contributed by atoms with E-state index in [9.17, 15) is 0 Å².